The number of hydrogen-bond donors (Lipinski definition) is 1. The van der Waals surface area contributed by atoms with E-state index in [4.69, 9.17) is 11.6 Å². The average molecular weight is 240 g/mol. The van der Waals surface area contributed by atoms with Gasteiger partial charge >= 0.3 is 0 Å². The summed E-state index contributed by atoms with van der Waals surface area (Å²) in [6, 6.07) is 3.66. The molecule has 0 fully saturated rings. The summed E-state index contributed by atoms with van der Waals surface area (Å²) in [7, 11) is 0. The summed E-state index contributed by atoms with van der Waals surface area (Å²) in [6.45, 7) is 2.71. The van der Waals surface area contributed by atoms with Gasteiger partial charge in [0.05, 0.1) is 18.4 Å². The molecule has 5 heteroatoms. The number of pyridine rings is 1. The van der Waals surface area contributed by atoms with Crippen molar-refractivity contribution in [3.8, 4) is 0 Å². The van der Waals surface area contributed by atoms with Crippen molar-refractivity contribution in [1.82, 2.24) is 9.97 Å². The zero-order valence-corrected chi connectivity index (χ0v) is 9.77. The second kappa shape index (κ2) is 4.59. The van der Waals surface area contributed by atoms with Crippen LogP contribution >= 0.6 is 22.9 Å². The topological polar surface area (TPSA) is 37.8 Å². The zero-order valence-electron chi connectivity index (χ0n) is 8.20. The fourth-order valence-electron chi connectivity index (χ4n) is 1.14. The van der Waals surface area contributed by atoms with Crippen LogP contribution in [-0.2, 0) is 6.54 Å². The standard InChI is InChI=1S/C10H10ClN3S/c1-7-6-15-10(14-7)5-12-8-2-3-9(11)13-4-8/h2-4,6,12H,5H2,1H3. The maximum Gasteiger partial charge on any atom is 0.129 e. The highest BCUT2D eigenvalue weighted by atomic mass is 35.5. The first kappa shape index (κ1) is 10.4. The largest absolute Gasteiger partial charge is 0.377 e. The molecule has 0 aliphatic carbocycles. The predicted octanol–water partition coefficient (Wildman–Crippen LogP) is 3.11. The fraction of sp³-hybridized carbons (Fsp3) is 0.200. The molecule has 0 atom stereocenters. The molecule has 0 amide bonds. The number of anilines is 1. The quantitative estimate of drug-likeness (QED) is 0.837. The third-order valence-corrected chi connectivity index (χ3v) is 3.03. The number of aryl methyl sites for hydroxylation is 1. The Hall–Kier alpha value is -1.13. The van der Waals surface area contributed by atoms with Gasteiger partial charge in [-0.2, -0.15) is 0 Å². The molecule has 2 heterocycles. The number of halogens is 1. The predicted molar refractivity (Wildman–Crippen MR) is 63.4 cm³/mol. The zero-order chi connectivity index (χ0) is 10.7. The van der Waals surface area contributed by atoms with E-state index in [2.05, 4.69) is 15.3 Å². The van der Waals surface area contributed by atoms with Gasteiger partial charge < -0.3 is 5.32 Å². The van der Waals surface area contributed by atoms with E-state index < -0.39 is 0 Å². The molecule has 0 bridgehead atoms. The lowest BCUT2D eigenvalue weighted by atomic mass is 10.4. The molecule has 0 spiro atoms. The Labute approximate surface area is 97.2 Å². The van der Waals surface area contributed by atoms with E-state index in [1.54, 1.807) is 23.6 Å². The maximum atomic E-state index is 5.68. The van der Waals surface area contributed by atoms with Crippen molar-refractivity contribution < 1.29 is 0 Å². The minimum atomic E-state index is 0.505. The van der Waals surface area contributed by atoms with E-state index in [1.165, 1.54) is 0 Å². The van der Waals surface area contributed by atoms with Crippen molar-refractivity contribution >= 4 is 28.6 Å². The van der Waals surface area contributed by atoms with Crippen LogP contribution in [0.2, 0.25) is 5.15 Å². The van der Waals surface area contributed by atoms with Gasteiger partial charge in [-0.15, -0.1) is 11.3 Å². The molecule has 2 rings (SSSR count). The second-order valence-electron chi connectivity index (χ2n) is 3.11. The van der Waals surface area contributed by atoms with Gasteiger partial charge in [0.1, 0.15) is 10.2 Å². The average Bonchev–Trinajstić information content (AvgIpc) is 2.64. The molecule has 0 aromatic carbocycles. The first-order valence-corrected chi connectivity index (χ1v) is 5.76. The summed E-state index contributed by atoms with van der Waals surface area (Å²) in [5, 5.41) is 6.84. The molecule has 1 N–H and O–H groups in total. The number of hydrogen-bond acceptors (Lipinski definition) is 4. The molecule has 2 aromatic heterocycles. The van der Waals surface area contributed by atoms with Crippen LogP contribution in [0.15, 0.2) is 23.7 Å². The van der Waals surface area contributed by atoms with Crippen molar-refractivity contribution in [2.24, 2.45) is 0 Å². The molecular formula is C10H10ClN3S. The third kappa shape index (κ3) is 2.91. The van der Waals surface area contributed by atoms with Crippen molar-refractivity contribution in [2.45, 2.75) is 13.5 Å². The summed E-state index contributed by atoms with van der Waals surface area (Å²) in [6.07, 6.45) is 1.71. The van der Waals surface area contributed by atoms with E-state index in [1.807, 2.05) is 18.4 Å². The molecule has 0 radical (unpaired) electrons. The van der Waals surface area contributed by atoms with E-state index >= 15 is 0 Å². The highest BCUT2D eigenvalue weighted by Gasteiger charge is 1.98. The Balaban J connectivity index is 1.96. The van der Waals surface area contributed by atoms with Gasteiger partial charge in [0.2, 0.25) is 0 Å². The van der Waals surface area contributed by atoms with Crippen LogP contribution in [-0.4, -0.2) is 9.97 Å². The monoisotopic (exact) mass is 239 g/mol. The van der Waals surface area contributed by atoms with Gasteiger partial charge in [-0.3, -0.25) is 0 Å². The Kier molecular flexibility index (Phi) is 3.18. The summed E-state index contributed by atoms with van der Waals surface area (Å²) < 4.78 is 0. The third-order valence-electron chi connectivity index (χ3n) is 1.84. The van der Waals surface area contributed by atoms with Gasteiger partial charge in [-0.25, -0.2) is 9.97 Å². The van der Waals surface area contributed by atoms with E-state index in [0.717, 1.165) is 22.9 Å². The number of thiazole rings is 1. The molecule has 78 valence electrons. The summed E-state index contributed by atoms with van der Waals surface area (Å²) >= 11 is 7.33. The molecule has 15 heavy (non-hydrogen) atoms. The summed E-state index contributed by atoms with van der Waals surface area (Å²) in [5.74, 6) is 0. The lowest BCUT2D eigenvalue weighted by molar-refractivity contribution is 1.07. The Morgan fingerprint density at radius 1 is 1.47 bits per heavy atom. The lowest BCUT2D eigenvalue weighted by Crippen LogP contribution is -1.99. The molecule has 0 unspecified atom stereocenters. The molecule has 0 aliphatic heterocycles. The molecule has 0 aliphatic rings. The first-order valence-electron chi connectivity index (χ1n) is 4.50. The van der Waals surface area contributed by atoms with Gasteiger partial charge in [0, 0.05) is 11.1 Å². The van der Waals surface area contributed by atoms with E-state index in [0.29, 0.717) is 5.15 Å². The second-order valence-corrected chi connectivity index (χ2v) is 4.44. The normalized spacial score (nSPS) is 10.3. The van der Waals surface area contributed by atoms with Crippen molar-refractivity contribution in [3.05, 3.63) is 39.6 Å². The number of nitrogens with zero attached hydrogens (tertiary/aromatic N) is 2. The van der Waals surface area contributed by atoms with Gasteiger partial charge in [0.15, 0.2) is 0 Å². The highest BCUT2D eigenvalue weighted by Crippen LogP contribution is 2.13. The fourth-order valence-corrected chi connectivity index (χ4v) is 1.97. The Bertz CT molecular complexity index is 438. The van der Waals surface area contributed by atoms with Gasteiger partial charge in [-0.1, -0.05) is 11.6 Å². The molecule has 3 nitrogen and oxygen atoms in total. The van der Waals surface area contributed by atoms with Crippen molar-refractivity contribution in [3.63, 3.8) is 0 Å². The smallest absolute Gasteiger partial charge is 0.129 e. The number of aromatic nitrogens is 2. The Morgan fingerprint density at radius 2 is 2.33 bits per heavy atom. The van der Waals surface area contributed by atoms with Crippen LogP contribution < -0.4 is 5.32 Å². The van der Waals surface area contributed by atoms with Gasteiger partial charge in [0.25, 0.3) is 0 Å². The minimum absolute atomic E-state index is 0.505. The Morgan fingerprint density at radius 3 is 2.93 bits per heavy atom. The lowest BCUT2D eigenvalue weighted by Gasteiger charge is -2.02. The molecular weight excluding hydrogens is 230 g/mol. The van der Waals surface area contributed by atoms with Gasteiger partial charge in [-0.05, 0) is 19.1 Å². The van der Waals surface area contributed by atoms with Crippen LogP contribution in [0.5, 0.6) is 0 Å². The number of rotatable bonds is 3. The van der Waals surface area contributed by atoms with E-state index in [-0.39, 0.29) is 0 Å². The molecule has 0 saturated carbocycles. The molecule has 2 aromatic rings. The van der Waals surface area contributed by atoms with Crippen molar-refractivity contribution in [1.29, 1.82) is 0 Å². The minimum Gasteiger partial charge on any atom is -0.377 e. The van der Waals surface area contributed by atoms with Crippen LogP contribution in [0, 0.1) is 6.92 Å². The summed E-state index contributed by atoms with van der Waals surface area (Å²) in [4.78, 5) is 8.34. The maximum absolute atomic E-state index is 5.68. The molecule has 0 saturated heterocycles. The van der Waals surface area contributed by atoms with Crippen LogP contribution in [0.4, 0.5) is 5.69 Å². The SMILES string of the molecule is Cc1csc(CNc2ccc(Cl)nc2)n1. The van der Waals surface area contributed by atoms with Crippen LogP contribution in [0.3, 0.4) is 0 Å². The first-order chi connectivity index (χ1) is 7.24. The van der Waals surface area contributed by atoms with E-state index in [9.17, 15) is 0 Å². The highest BCUT2D eigenvalue weighted by molar-refractivity contribution is 7.09. The van der Waals surface area contributed by atoms with Crippen LogP contribution in [0.1, 0.15) is 10.7 Å². The van der Waals surface area contributed by atoms with Crippen LogP contribution in [0.25, 0.3) is 0 Å². The van der Waals surface area contributed by atoms with Crippen molar-refractivity contribution in [2.75, 3.05) is 5.32 Å². The number of nitrogens with one attached hydrogen (secondary N) is 1. The summed E-state index contributed by atoms with van der Waals surface area (Å²) in [5.41, 5.74) is 2.01.